The van der Waals surface area contributed by atoms with Crippen molar-refractivity contribution in [3.05, 3.63) is 0 Å². The molecule has 17 heavy (non-hydrogen) atoms. The second kappa shape index (κ2) is 7.89. The van der Waals surface area contributed by atoms with E-state index in [1.54, 1.807) is 21.0 Å². The molecule has 6 nitrogen and oxygen atoms in total. The molecule has 0 aromatic carbocycles. The van der Waals surface area contributed by atoms with Gasteiger partial charge in [0.05, 0.1) is 18.6 Å². The van der Waals surface area contributed by atoms with Crippen LogP contribution >= 0.6 is 0 Å². The van der Waals surface area contributed by atoms with Crippen molar-refractivity contribution in [3.63, 3.8) is 0 Å². The van der Waals surface area contributed by atoms with Crippen molar-refractivity contribution in [1.82, 2.24) is 10.6 Å². The Bertz CT molecular complexity index is 258. The molecule has 0 saturated carbocycles. The first-order valence-electron chi connectivity index (χ1n) is 5.71. The minimum atomic E-state index is -0.929. The van der Waals surface area contributed by atoms with E-state index in [1.165, 1.54) is 0 Å². The van der Waals surface area contributed by atoms with Crippen molar-refractivity contribution in [1.29, 1.82) is 0 Å². The van der Waals surface area contributed by atoms with Crippen molar-refractivity contribution in [2.24, 2.45) is 5.92 Å². The molecular weight excluding hydrogens is 224 g/mol. The Balaban J connectivity index is 4.12. The van der Waals surface area contributed by atoms with Gasteiger partial charge >= 0.3 is 12.0 Å². The molecule has 2 amide bonds. The van der Waals surface area contributed by atoms with Gasteiger partial charge < -0.3 is 20.5 Å². The monoisotopic (exact) mass is 246 g/mol. The van der Waals surface area contributed by atoms with Gasteiger partial charge in [-0.3, -0.25) is 4.79 Å². The average Bonchev–Trinajstić information content (AvgIpc) is 2.26. The molecule has 0 spiro atoms. The second-order valence-electron chi connectivity index (χ2n) is 4.09. The summed E-state index contributed by atoms with van der Waals surface area (Å²) in [6.45, 7) is 5.59. The molecule has 6 heteroatoms. The van der Waals surface area contributed by atoms with Gasteiger partial charge in [-0.05, 0) is 20.3 Å². The minimum Gasteiger partial charge on any atom is -0.481 e. The SMILES string of the molecule is CCC(COC)NC(=O)NC(C)C(C)C(=O)O. The van der Waals surface area contributed by atoms with Gasteiger partial charge in [0.2, 0.25) is 0 Å². The predicted octanol–water partition coefficient (Wildman–Crippen LogP) is 0.820. The summed E-state index contributed by atoms with van der Waals surface area (Å²) < 4.78 is 4.95. The Morgan fingerprint density at radius 3 is 2.29 bits per heavy atom. The van der Waals surface area contributed by atoms with Crippen LogP contribution in [0.4, 0.5) is 4.79 Å². The maximum atomic E-state index is 11.6. The molecule has 0 saturated heterocycles. The molecule has 0 bridgehead atoms. The summed E-state index contributed by atoms with van der Waals surface area (Å²) in [6.07, 6.45) is 0.754. The largest absolute Gasteiger partial charge is 0.481 e. The Morgan fingerprint density at radius 1 is 1.29 bits per heavy atom. The zero-order valence-electron chi connectivity index (χ0n) is 10.8. The number of aliphatic carboxylic acids is 1. The van der Waals surface area contributed by atoms with Crippen LogP contribution in [0.3, 0.4) is 0 Å². The lowest BCUT2D eigenvalue weighted by Gasteiger charge is -2.21. The molecule has 0 radical (unpaired) electrons. The fourth-order valence-electron chi connectivity index (χ4n) is 1.24. The molecule has 3 unspecified atom stereocenters. The van der Waals surface area contributed by atoms with Gasteiger partial charge in [0, 0.05) is 13.2 Å². The maximum Gasteiger partial charge on any atom is 0.315 e. The standard InChI is InChI=1S/C11H22N2O4/c1-5-9(6-17-4)13-11(16)12-8(3)7(2)10(14)15/h7-9H,5-6H2,1-4H3,(H,14,15)(H2,12,13,16). The van der Waals surface area contributed by atoms with E-state index in [0.717, 1.165) is 6.42 Å². The van der Waals surface area contributed by atoms with Gasteiger partial charge in [-0.2, -0.15) is 0 Å². The van der Waals surface area contributed by atoms with Crippen LogP contribution in [0.25, 0.3) is 0 Å². The molecule has 100 valence electrons. The highest BCUT2D eigenvalue weighted by Gasteiger charge is 2.21. The van der Waals surface area contributed by atoms with Crippen molar-refractivity contribution in [3.8, 4) is 0 Å². The molecule has 0 aliphatic rings. The van der Waals surface area contributed by atoms with Crippen molar-refractivity contribution < 1.29 is 19.4 Å². The van der Waals surface area contributed by atoms with Gasteiger partial charge in [-0.1, -0.05) is 6.92 Å². The van der Waals surface area contributed by atoms with Crippen molar-refractivity contribution in [2.75, 3.05) is 13.7 Å². The van der Waals surface area contributed by atoms with Crippen LogP contribution in [0, 0.1) is 5.92 Å². The third-order valence-corrected chi connectivity index (χ3v) is 2.69. The van der Waals surface area contributed by atoms with Crippen LogP contribution in [-0.2, 0) is 9.53 Å². The normalized spacial score (nSPS) is 15.8. The quantitative estimate of drug-likeness (QED) is 0.620. The summed E-state index contributed by atoms with van der Waals surface area (Å²) in [5, 5.41) is 14.1. The number of carboxylic acid groups (broad SMARTS) is 1. The minimum absolute atomic E-state index is 0.0627. The lowest BCUT2D eigenvalue weighted by molar-refractivity contribution is -0.141. The molecular formula is C11H22N2O4. The summed E-state index contributed by atoms with van der Waals surface area (Å²) in [5.41, 5.74) is 0. The van der Waals surface area contributed by atoms with Gasteiger partial charge in [-0.25, -0.2) is 4.79 Å². The van der Waals surface area contributed by atoms with Gasteiger partial charge in [0.25, 0.3) is 0 Å². The van der Waals surface area contributed by atoms with E-state index >= 15 is 0 Å². The average molecular weight is 246 g/mol. The van der Waals surface area contributed by atoms with Crippen LogP contribution in [0.15, 0.2) is 0 Å². The number of hydrogen-bond acceptors (Lipinski definition) is 3. The van der Waals surface area contributed by atoms with Crippen LogP contribution in [0.2, 0.25) is 0 Å². The number of rotatable bonds is 7. The van der Waals surface area contributed by atoms with E-state index in [-0.39, 0.29) is 12.1 Å². The lowest BCUT2D eigenvalue weighted by atomic mass is 10.0. The number of carbonyl (C=O) groups excluding carboxylic acids is 1. The van der Waals surface area contributed by atoms with E-state index in [2.05, 4.69) is 10.6 Å². The van der Waals surface area contributed by atoms with E-state index in [0.29, 0.717) is 6.61 Å². The van der Waals surface area contributed by atoms with Crippen LogP contribution in [-0.4, -0.2) is 42.9 Å². The number of amides is 2. The van der Waals surface area contributed by atoms with E-state index in [1.807, 2.05) is 6.92 Å². The van der Waals surface area contributed by atoms with Crippen molar-refractivity contribution in [2.45, 2.75) is 39.3 Å². The van der Waals surface area contributed by atoms with Crippen LogP contribution < -0.4 is 10.6 Å². The predicted molar refractivity (Wildman–Crippen MR) is 63.9 cm³/mol. The van der Waals surface area contributed by atoms with E-state index in [9.17, 15) is 9.59 Å². The number of methoxy groups -OCH3 is 1. The zero-order chi connectivity index (χ0) is 13.4. The molecule has 0 fully saturated rings. The molecule has 0 aromatic heterocycles. The Kier molecular flexibility index (Phi) is 7.29. The van der Waals surface area contributed by atoms with E-state index < -0.39 is 17.9 Å². The topological polar surface area (TPSA) is 87.7 Å². The highest BCUT2D eigenvalue weighted by atomic mass is 16.5. The molecule has 3 N–H and O–H groups in total. The third kappa shape index (κ3) is 6.11. The Labute approximate surface area is 102 Å². The molecule has 0 aliphatic heterocycles. The highest BCUT2D eigenvalue weighted by molar-refractivity contribution is 5.76. The molecule has 0 aromatic rings. The molecule has 0 heterocycles. The molecule has 0 aliphatic carbocycles. The van der Waals surface area contributed by atoms with Gasteiger partial charge in [-0.15, -0.1) is 0 Å². The van der Waals surface area contributed by atoms with E-state index in [4.69, 9.17) is 9.84 Å². The van der Waals surface area contributed by atoms with Crippen LogP contribution in [0.5, 0.6) is 0 Å². The van der Waals surface area contributed by atoms with Gasteiger partial charge in [0.1, 0.15) is 0 Å². The lowest BCUT2D eigenvalue weighted by Crippen LogP contribution is -2.49. The van der Waals surface area contributed by atoms with Gasteiger partial charge in [0.15, 0.2) is 0 Å². The summed E-state index contributed by atoms with van der Waals surface area (Å²) in [4.78, 5) is 22.3. The van der Waals surface area contributed by atoms with Crippen LogP contribution in [0.1, 0.15) is 27.2 Å². The molecule has 0 rings (SSSR count). The number of carbonyl (C=O) groups is 2. The number of hydrogen-bond donors (Lipinski definition) is 3. The summed E-state index contributed by atoms with van der Waals surface area (Å²) in [5.74, 6) is -1.55. The molecule has 3 atom stereocenters. The number of urea groups is 1. The Hall–Kier alpha value is -1.30. The number of carboxylic acids is 1. The first-order chi connectivity index (χ1) is 7.92. The Morgan fingerprint density at radius 2 is 1.88 bits per heavy atom. The maximum absolute atomic E-state index is 11.6. The second-order valence-corrected chi connectivity index (χ2v) is 4.09. The number of nitrogens with one attached hydrogen (secondary N) is 2. The van der Waals surface area contributed by atoms with Crippen molar-refractivity contribution >= 4 is 12.0 Å². The zero-order valence-corrected chi connectivity index (χ0v) is 10.8. The smallest absolute Gasteiger partial charge is 0.315 e. The highest BCUT2D eigenvalue weighted by Crippen LogP contribution is 2.02. The fraction of sp³-hybridized carbons (Fsp3) is 0.818. The first-order valence-corrected chi connectivity index (χ1v) is 5.71. The summed E-state index contributed by atoms with van der Waals surface area (Å²) >= 11 is 0. The summed E-state index contributed by atoms with van der Waals surface area (Å²) in [7, 11) is 1.57. The fourth-order valence-corrected chi connectivity index (χ4v) is 1.24. The first kappa shape index (κ1) is 15.7. The third-order valence-electron chi connectivity index (χ3n) is 2.69. The number of ether oxygens (including phenoxy) is 1. The summed E-state index contributed by atoms with van der Waals surface area (Å²) in [6, 6.07) is -0.852.